The number of amides is 1. The average Bonchev–Trinajstić information content (AvgIpc) is 3.30. The predicted molar refractivity (Wildman–Crippen MR) is 152 cm³/mol. The first-order chi connectivity index (χ1) is 18.4. The fourth-order valence-electron chi connectivity index (χ4n) is 3.69. The molecule has 0 aliphatic rings. The Labute approximate surface area is 229 Å². The van der Waals surface area contributed by atoms with Crippen LogP contribution in [0.3, 0.4) is 0 Å². The van der Waals surface area contributed by atoms with E-state index in [0.29, 0.717) is 61.6 Å². The molecule has 0 fully saturated rings. The molecular formula is C27H40N6O4S. The van der Waals surface area contributed by atoms with Gasteiger partial charge in [0.25, 0.3) is 5.91 Å². The first-order valence-electron chi connectivity index (χ1n) is 13.4. The smallest absolute Gasteiger partial charge is 0.251 e. The van der Waals surface area contributed by atoms with Gasteiger partial charge >= 0.3 is 0 Å². The Morgan fingerprint density at radius 3 is 2.32 bits per heavy atom. The zero-order valence-corrected chi connectivity index (χ0v) is 24.1. The highest BCUT2D eigenvalue weighted by molar-refractivity contribution is 7.99. The second-order valence-electron chi connectivity index (χ2n) is 8.94. The molecule has 3 aromatic rings. The van der Waals surface area contributed by atoms with Crippen molar-refractivity contribution in [2.24, 2.45) is 5.92 Å². The zero-order chi connectivity index (χ0) is 27.5. The zero-order valence-electron chi connectivity index (χ0n) is 23.3. The van der Waals surface area contributed by atoms with Gasteiger partial charge in [-0.05, 0) is 45.2 Å². The number of rotatable bonds is 16. The highest BCUT2D eigenvalue weighted by Crippen LogP contribution is 2.39. The standard InChI is InChI=1S/C27H40N6O4S/c1-7-13-38-27-31-24(29-16-18(5)6)20-17-30-33(25(20)32-27)12-11-28-26(34)19-14-21(35-8-2)23(37-10-4)22(15-19)36-9-3/h14-15,17-18H,7-13,16H2,1-6H3,(H,28,34)(H,29,31,32). The third-order valence-corrected chi connectivity index (χ3v) is 6.42. The summed E-state index contributed by atoms with van der Waals surface area (Å²) >= 11 is 1.63. The molecule has 3 rings (SSSR count). The van der Waals surface area contributed by atoms with Gasteiger partial charge in [-0.15, -0.1) is 0 Å². The van der Waals surface area contributed by atoms with E-state index in [9.17, 15) is 4.79 Å². The highest BCUT2D eigenvalue weighted by atomic mass is 32.2. The molecule has 208 valence electrons. The first-order valence-corrected chi connectivity index (χ1v) is 14.3. The minimum atomic E-state index is -0.237. The van der Waals surface area contributed by atoms with E-state index in [0.717, 1.165) is 40.7 Å². The number of aromatic nitrogens is 4. The van der Waals surface area contributed by atoms with Gasteiger partial charge in [-0.25, -0.2) is 14.6 Å². The number of nitrogens with zero attached hydrogens (tertiary/aromatic N) is 4. The topological polar surface area (TPSA) is 112 Å². The summed E-state index contributed by atoms with van der Waals surface area (Å²) in [5.41, 5.74) is 1.18. The largest absolute Gasteiger partial charge is 0.490 e. The van der Waals surface area contributed by atoms with Crippen molar-refractivity contribution in [1.29, 1.82) is 0 Å². The second-order valence-corrected chi connectivity index (χ2v) is 10.0. The molecule has 0 bridgehead atoms. The molecule has 38 heavy (non-hydrogen) atoms. The van der Waals surface area contributed by atoms with Gasteiger partial charge < -0.3 is 24.8 Å². The van der Waals surface area contributed by atoms with Crippen LogP contribution in [0.15, 0.2) is 23.5 Å². The van der Waals surface area contributed by atoms with Gasteiger partial charge in [-0.2, -0.15) is 5.10 Å². The summed E-state index contributed by atoms with van der Waals surface area (Å²) in [7, 11) is 0. The minimum absolute atomic E-state index is 0.237. The second kappa shape index (κ2) is 14.7. The van der Waals surface area contributed by atoms with Gasteiger partial charge in [-0.1, -0.05) is 32.5 Å². The molecule has 11 heteroatoms. The van der Waals surface area contributed by atoms with Crippen LogP contribution in [0, 0.1) is 5.92 Å². The summed E-state index contributed by atoms with van der Waals surface area (Å²) in [6.07, 6.45) is 2.82. The Morgan fingerprint density at radius 2 is 1.71 bits per heavy atom. The summed E-state index contributed by atoms with van der Waals surface area (Å²) in [6, 6.07) is 3.37. The quantitative estimate of drug-likeness (QED) is 0.189. The number of anilines is 1. The van der Waals surface area contributed by atoms with Crippen LogP contribution in [0.4, 0.5) is 5.82 Å². The van der Waals surface area contributed by atoms with Gasteiger partial charge in [0, 0.05) is 24.4 Å². The molecule has 0 aliphatic heterocycles. The van der Waals surface area contributed by atoms with Gasteiger partial charge in [0.05, 0.1) is 37.9 Å². The van der Waals surface area contributed by atoms with Crippen molar-refractivity contribution in [1.82, 2.24) is 25.1 Å². The summed E-state index contributed by atoms with van der Waals surface area (Å²) in [5, 5.41) is 12.5. The Balaban J connectivity index is 1.78. The Morgan fingerprint density at radius 1 is 1.03 bits per heavy atom. The number of ether oxygens (including phenoxy) is 3. The van der Waals surface area contributed by atoms with E-state index in [2.05, 4.69) is 36.5 Å². The van der Waals surface area contributed by atoms with Crippen molar-refractivity contribution in [3.63, 3.8) is 0 Å². The molecule has 0 saturated carbocycles. The number of fused-ring (bicyclic) bond motifs is 1. The molecule has 1 aromatic carbocycles. The van der Waals surface area contributed by atoms with E-state index in [1.54, 1.807) is 30.1 Å². The number of carbonyl (C=O) groups excluding carboxylic acids is 1. The number of benzene rings is 1. The van der Waals surface area contributed by atoms with Crippen LogP contribution in [0.5, 0.6) is 17.2 Å². The molecule has 0 radical (unpaired) electrons. The van der Waals surface area contributed by atoms with Crippen molar-refractivity contribution in [3.05, 3.63) is 23.9 Å². The van der Waals surface area contributed by atoms with E-state index >= 15 is 0 Å². The van der Waals surface area contributed by atoms with Crippen LogP contribution in [-0.4, -0.2) is 64.3 Å². The highest BCUT2D eigenvalue weighted by Gasteiger charge is 2.19. The number of nitrogens with one attached hydrogen (secondary N) is 2. The van der Waals surface area contributed by atoms with Crippen LogP contribution in [0.25, 0.3) is 11.0 Å². The van der Waals surface area contributed by atoms with E-state index in [1.807, 2.05) is 25.5 Å². The lowest BCUT2D eigenvalue weighted by Gasteiger charge is -2.17. The van der Waals surface area contributed by atoms with E-state index in [4.69, 9.17) is 24.2 Å². The van der Waals surface area contributed by atoms with Crippen LogP contribution in [0.1, 0.15) is 58.3 Å². The summed E-state index contributed by atoms with van der Waals surface area (Å²) in [5.74, 6) is 3.45. The molecule has 1 amide bonds. The maximum Gasteiger partial charge on any atom is 0.251 e. The lowest BCUT2D eigenvalue weighted by molar-refractivity contribution is 0.0951. The lowest BCUT2D eigenvalue weighted by atomic mass is 10.1. The van der Waals surface area contributed by atoms with E-state index < -0.39 is 0 Å². The predicted octanol–water partition coefficient (Wildman–Crippen LogP) is 5.02. The van der Waals surface area contributed by atoms with Gasteiger partial charge in [0.15, 0.2) is 22.3 Å². The third-order valence-electron chi connectivity index (χ3n) is 5.37. The SMILES string of the molecule is CCCSc1nc(NCC(C)C)c2cnn(CCNC(=O)c3cc(OCC)c(OCC)c(OCC)c3)c2n1. The molecular weight excluding hydrogens is 504 g/mol. The van der Waals surface area contributed by atoms with Gasteiger partial charge in [0.1, 0.15) is 5.82 Å². The van der Waals surface area contributed by atoms with Crippen molar-refractivity contribution >= 4 is 34.5 Å². The Kier molecular flexibility index (Phi) is 11.3. The maximum absolute atomic E-state index is 13.1. The van der Waals surface area contributed by atoms with Gasteiger partial charge in [0.2, 0.25) is 5.75 Å². The fourth-order valence-corrected chi connectivity index (χ4v) is 4.38. The molecule has 10 nitrogen and oxygen atoms in total. The lowest BCUT2D eigenvalue weighted by Crippen LogP contribution is -2.27. The molecule has 0 aliphatic carbocycles. The van der Waals surface area contributed by atoms with Crippen LogP contribution >= 0.6 is 11.8 Å². The van der Waals surface area contributed by atoms with Crippen LogP contribution in [0.2, 0.25) is 0 Å². The molecule has 2 heterocycles. The number of hydrogen-bond donors (Lipinski definition) is 2. The summed E-state index contributed by atoms with van der Waals surface area (Å²) in [6.45, 7) is 15.1. The molecule has 0 unspecified atom stereocenters. The third kappa shape index (κ3) is 7.66. The van der Waals surface area contributed by atoms with Crippen LogP contribution in [-0.2, 0) is 6.54 Å². The van der Waals surface area contributed by atoms with E-state index in [1.165, 1.54) is 0 Å². The van der Waals surface area contributed by atoms with Crippen molar-refractivity contribution in [3.8, 4) is 17.2 Å². The molecule has 0 spiro atoms. The average molecular weight is 545 g/mol. The minimum Gasteiger partial charge on any atom is -0.490 e. The molecule has 0 atom stereocenters. The maximum atomic E-state index is 13.1. The summed E-state index contributed by atoms with van der Waals surface area (Å²) in [4.78, 5) is 22.5. The monoisotopic (exact) mass is 544 g/mol. The summed E-state index contributed by atoms with van der Waals surface area (Å²) < 4.78 is 19.0. The number of thioether (sulfide) groups is 1. The van der Waals surface area contributed by atoms with E-state index in [-0.39, 0.29) is 5.91 Å². The number of carbonyl (C=O) groups is 1. The Bertz CT molecular complexity index is 1170. The number of hydrogen-bond acceptors (Lipinski definition) is 9. The van der Waals surface area contributed by atoms with Gasteiger partial charge in [-0.3, -0.25) is 4.79 Å². The first kappa shape index (κ1) is 29.3. The fraction of sp³-hybridized carbons (Fsp3) is 0.556. The van der Waals surface area contributed by atoms with Crippen molar-refractivity contribution < 1.29 is 19.0 Å². The molecule has 2 aromatic heterocycles. The van der Waals surface area contributed by atoms with Crippen LogP contribution < -0.4 is 24.8 Å². The molecule has 0 saturated heterocycles. The molecule has 2 N–H and O–H groups in total. The van der Waals surface area contributed by atoms with Crippen molar-refractivity contribution in [2.75, 3.05) is 44.0 Å². The normalized spacial score (nSPS) is 11.1. The van der Waals surface area contributed by atoms with Crippen molar-refractivity contribution in [2.45, 2.75) is 59.7 Å². The Hall–Kier alpha value is -3.21.